The fraction of sp³-hybridized carbons (Fsp3) is 0.462. The van der Waals surface area contributed by atoms with E-state index in [0.717, 1.165) is 16.7 Å². The maximum absolute atomic E-state index is 11.2. The highest BCUT2D eigenvalue weighted by molar-refractivity contribution is 9.10. The number of carboxylic acids is 1. The predicted octanol–water partition coefficient (Wildman–Crippen LogP) is 3.63. The average molecular weight is 300 g/mol. The summed E-state index contributed by atoms with van der Waals surface area (Å²) in [7, 11) is 1.92. The minimum absolute atomic E-state index is 0.123. The fourth-order valence-electron chi connectivity index (χ4n) is 1.81. The predicted molar refractivity (Wildman–Crippen MR) is 73.8 cm³/mol. The summed E-state index contributed by atoms with van der Waals surface area (Å²) in [6, 6.07) is 5.33. The van der Waals surface area contributed by atoms with Crippen LogP contribution in [0.5, 0.6) is 0 Å². The van der Waals surface area contributed by atoms with Crippen molar-refractivity contribution in [1.29, 1.82) is 0 Å². The van der Waals surface area contributed by atoms with Crippen molar-refractivity contribution in [1.82, 2.24) is 0 Å². The molecule has 0 atom stereocenters. The number of anilines is 1. The summed E-state index contributed by atoms with van der Waals surface area (Å²) >= 11 is 3.29. The smallest absolute Gasteiger partial charge is 0.337 e. The van der Waals surface area contributed by atoms with Crippen molar-refractivity contribution in [2.75, 3.05) is 18.5 Å². The molecule has 1 N–H and O–H groups in total. The van der Waals surface area contributed by atoms with Gasteiger partial charge in [0.2, 0.25) is 0 Å². The monoisotopic (exact) mass is 299 g/mol. The van der Waals surface area contributed by atoms with E-state index in [4.69, 9.17) is 0 Å². The number of hydrogen-bond donors (Lipinski definition) is 1. The number of benzene rings is 1. The summed E-state index contributed by atoms with van der Waals surface area (Å²) in [4.78, 5) is 13.2. The molecule has 0 unspecified atom stereocenters. The maximum atomic E-state index is 11.2. The van der Waals surface area contributed by atoms with Crippen molar-refractivity contribution in [3.05, 3.63) is 28.2 Å². The van der Waals surface area contributed by atoms with Crippen LogP contribution in [0.15, 0.2) is 22.7 Å². The molecule has 0 spiro atoms. The Morgan fingerprint density at radius 3 is 2.47 bits per heavy atom. The quantitative estimate of drug-likeness (QED) is 0.926. The number of carboxylic acid groups (broad SMARTS) is 1. The SMILES string of the molecule is CN(CC(C)(C)C)c1ccc(Br)cc1C(=O)O. The summed E-state index contributed by atoms with van der Waals surface area (Å²) in [6.07, 6.45) is 0. The van der Waals surface area contributed by atoms with Gasteiger partial charge in [0.05, 0.1) is 11.3 Å². The van der Waals surface area contributed by atoms with Crippen molar-refractivity contribution >= 4 is 27.6 Å². The molecule has 1 aromatic carbocycles. The second-order valence-corrected chi connectivity index (χ2v) is 6.30. The Morgan fingerprint density at radius 1 is 1.41 bits per heavy atom. The number of rotatable bonds is 3. The first kappa shape index (κ1) is 14.0. The van der Waals surface area contributed by atoms with E-state index in [-0.39, 0.29) is 5.41 Å². The number of carbonyl (C=O) groups is 1. The molecule has 0 aliphatic rings. The lowest BCUT2D eigenvalue weighted by atomic mass is 9.95. The van der Waals surface area contributed by atoms with E-state index in [9.17, 15) is 9.90 Å². The third-order valence-corrected chi connectivity index (χ3v) is 2.81. The van der Waals surface area contributed by atoms with Gasteiger partial charge in [0, 0.05) is 18.1 Å². The topological polar surface area (TPSA) is 40.5 Å². The first-order valence-electron chi connectivity index (χ1n) is 5.45. The molecular formula is C13H18BrNO2. The Balaban J connectivity index is 3.09. The highest BCUT2D eigenvalue weighted by Gasteiger charge is 2.18. The van der Waals surface area contributed by atoms with Crippen molar-refractivity contribution in [3.8, 4) is 0 Å². The van der Waals surface area contributed by atoms with Crippen LogP contribution in [0.25, 0.3) is 0 Å². The summed E-state index contributed by atoms with van der Waals surface area (Å²) in [5, 5.41) is 9.19. The van der Waals surface area contributed by atoms with Crippen molar-refractivity contribution in [3.63, 3.8) is 0 Å². The Labute approximate surface area is 111 Å². The summed E-state index contributed by atoms with van der Waals surface area (Å²) in [6.45, 7) is 7.18. The molecule has 94 valence electrons. The Kier molecular flexibility index (Phi) is 4.20. The van der Waals surface area contributed by atoms with Gasteiger partial charge in [0.15, 0.2) is 0 Å². The molecule has 0 aliphatic carbocycles. The molecule has 0 saturated carbocycles. The van der Waals surface area contributed by atoms with Gasteiger partial charge < -0.3 is 10.0 Å². The Morgan fingerprint density at radius 2 is 2.00 bits per heavy atom. The van der Waals surface area contributed by atoms with E-state index in [2.05, 4.69) is 36.7 Å². The molecule has 0 radical (unpaired) electrons. The average Bonchev–Trinajstić information content (AvgIpc) is 2.14. The zero-order chi connectivity index (χ0) is 13.2. The molecule has 0 saturated heterocycles. The van der Waals surface area contributed by atoms with Gasteiger partial charge in [-0.2, -0.15) is 0 Å². The van der Waals surface area contributed by atoms with Gasteiger partial charge in [-0.15, -0.1) is 0 Å². The molecule has 0 heterocycles. The van der Waals surface area contributed by atoms with Crippen LogP contribution in [0.1, 0.15) is 31.1 Å². The van der Waals surface area contributed by atoms with Crippen LogP contribution in [0.3, 0.4) is 0 Å². The van der Waals surface area contributed by atoms with Gasteiger partial charge in [-0.3, -0.25) is 0 Å². The molecule has 0 aliphatic heterocycles. The van der Waals surface area contributed by atoms with Crippen molar-refractivity contribution in [2.45, 2.75) is 20.8 Å². The highest BCUT2D eigenvalue weighted by Crippen LogP contribution is 2.26. The minimum Gasteiger partial charge on any atom is -0.478 e. The first-order valence-corrected chi connectivity index (χ1v) is 6.24. The van der Waals surface area contributed by atoms with Crippen LogP contribution in [-0.4, -0.2) is 24.7 Å². The molecule has 1 rings (SSSR count). The molecule has 1 aromatic rings. The van der Waals surface area contributed by atoms with E-state index in [0.29, 0.717) is 5.56 Å². The van der Waals surface area contributed by atoms with E-state index < -0.39 is 5.97 Å². The molecular weight excluding hydrogens is 282 g/mol. The third-order valence-electron chi connectivity index (χ3n) is 2.31. The van der Waals surface area contributed by atoms with E-state index in [1.165, 1.54) is 0 Å². The van der Waals surface area contributed by atoms with E-state index >= 15 is 0 Å². The van der Waals surface area contributed by atoms with Crippen molar-refractivity contribution < 1.29 is 9.90 Å². The van der Waals surface area contributed by atoms with E-state index in [1.807, 2.05) is 24.1 Å². The Bertz CT molecular complexity index is 424. The van der Waals surface area contributed by atoms with Crippen LogP contribution < -0.4 is 4.90 Å². The third kappa shape index (κ3) is 4.04. The zero-order valence-electron chi connectivity index (χ0n) is 10.6. The molecule has 3 nitrogen and oxygen atoms in total. The molecule has 0 fully saturated rings. The molecule has 4 heteroatoms. The standard InChI is InChI=1S/C13H18BrNO2/c1-13(2,3)8-15(4)11-6-5-9(14)7-10(11)12(16)17/h5-7H,8H2,1-4H3,(H,16,17). The summed E-state index contributed by atoms with van der Waals surface area (Å²) < 4.78 is 0.780. The molecule has 0 amide bonds. The zero-order valence-corrected chi connectivity index (χ0v) is 12.2. The number of nitrogens with zero attached hydrogens (tertiary/aromatic N) is 1. The molecule has 17 heavy (non-hydrogen) atoms. The van der Waals surface area contributed by atoms with Gasteiger partial charge in [-0.05, 0) is 23.6 Å². The van der Waals surface area contributed by atoms with Crippen LogP contribution in [-0.2, 0) is 0 Å². The number of halogens is 1. The lowest BCUT2D eigenvalue weighted by Crippen LogP contribution is -2.30. The number of hydrogen-bond acceptors (Lipinski definition) is 2. The highest BCUT2D eigenvalue weighted by atomic mass is 79.9. The van der Waals surface area contributed by atoms with Gasteiger partial charge in [-0.1, -0.05) is 36.7 Å². The minimum atomic E-state index is -0.901. The summed E-state index contributed by atoms with van der Waals surface area (Å²) in [5.41, 5.74) is 1.19. The lowest BCUT2D eigenvalue weighted by Gasteiger charge is -2.29. The van der Waals surface area contributed by atoms with Crippen LogP contribution in [0.4, 0.5) is 5.69 Å². The van der Waals surface area contributed by atoms with Gasteiger partial charge in [0.25, 0.3) is 0 Å². The van der Waals surface area contributed by atoms with E-state index in [1.54, 1.807) is 6.07 Å². The van der Waals surface area contributed by atoms with Crippen LogP contribution >= 0.6 is 15.9 Å². The first-order chi connectivity index (χ1) is 7.70. The second-order valence-electron chi connectivity index (χ2n) is 5.38. The lowest BCUT2D eigenvalue weighted by molar-refractivity contribution is 0.0697. The van der Waals surface area contributed by atoms with Crippen LogP contribution in [0.2, 0.25) is 0 Å². The molecule has 0 bridgehead atoms. The molecule has 0 aromatic heterocycles. The normalized spacial score (nSPS) is 11.4. The second kappa shape index (κ2) is 5.08. The Hall–Kier alpha value is -1.03. The van der Waals surface area contributed by atoms with Gasteiger partial charge in [0.1, 0.15) is 0 Å². The number of aromatic carboxylic acids is 1. The summed E-state index contributed by atoms with van der Waals surface area (Å²) in [5.74, 6) is -0.901. The van der Waals surface area contributed by atoms with Crippen LogP contribution in [0, 0.1) is 5.41 Å². The van der Waals surface area contributed by atoms with Gasteiger partial charge in [-0.25, -0.2) is 4.79 Å². The van der Waals surface area contributed by atoms with Crippen molar-refractivity contribution in [2.24, 2.45) is 5.41 Å². The van der Waals surface area contributed by atoms with Gasteiger partial charge >= 0.3 is 5.97 Å². The largest absolute Gasteiger partial charge is 0.478 e. The maximum Gasteiger partial charge on any atom is 0.337 e. The fourth-order valence-corrected chi connectivity index (χ4v) is 2.17.